The van der Waals surface area contributed by atoms with Crippen LogP contribution in [0.25, 0.3) is 10.8 Å². The second kappa shape index (κ2) is 3.10. The first-order valence-electron chi connectivity index (χ1n) is 4.21. The Hall–Kier alpha value is -1.90. The van der Waals surface area contributed by atoms with Crippen molar-refractivity contribution in [2.75, 3.05) is 7.11 Å². The Bertz CT molecular complexity index is 477. The predicted molar refractivity (Wildman–Crippen MR) is 53.8 cm³/mol. The summed E-state index contributed by atoms with van der Waals surface area (Å²) in [5, 5.41) is 20.3. The molecule has 0 heterocycles. The molecular formula is C11H10O3. The molecule has 0 fully saturated rings. The van der Waals surface area contributed by atoms with Crippen molar-refractivity contribution in [1.82, 2.24) is 0 Å². The first-order chi connectivity index (χ1) is 6.74. The topological polar surface area (TPSA) is 49.7 Å². The first-order valence-corrected chi connectivity index (χ1v) is 4.21. The molecule has 2 rings (SSSR count). The lowest BCUT2D eigenvalue weighted by Gasteiger charge is -2.07. The molecule has 0 atom stereocenters. The molecule has 0 saturated heterocycles. The van der Waals surface area contributed by atoms with Gasteiger partial charge in [0.2, 0.25) is 0 Å². The fourth-order valence-corrected chi connectivity index (χ4v) is 1.51. The van der Waals surface area contributed by atoms with E-state index >= 15 is 0 Å². The normalized spacial score (nSPS) is 10.4. The molecule has 0 aliphatic heterocycles. The van der Waals surface area contributed by atoms with Crippen molar-refractivity contribution < 1.29 is 14.9 Å². The molecule has 0 bridgehead atoms. The number of fused-ring (bicyclic) bond motifs is 1. The van der Waals surface area contributed by atoms with Crippen molar-refractivity contribution in [3.63, 3.8) is 0 Å². The average Bonchev–Trinajstić information content (AvgIpc) is 2.20. The van der Waals surface area contributed by atoms with Gasteiger partial charge in [-0.25, -0.2) is 0 Å². The van der Waals surface area contributed by atoms with Crippen molar-refractivity contribution in [1.29, 1.82) is 0 Å². The molecule has 14 heavy (non-hydrogen) atoms. The zero-order valence-corrected chi connectivity index (χ0v) is 7.69. The molecular weight excluding hydrogens is 180 g/mol. The Labute approximate surface area is 81.2 Å². The van der Waals surface area contributed by atoms with Gasteiger partial charge in [0.1, 0.15) is 17.2 Å². The van der Waals surface area contributed by atoms with Crippen molar-refractivity contribution in [2.24, 2.45) is 0 Å². The molecule has 3 nitrogen and oxygen atoms in total. The van der Waals surface area contributed by atoms with Crippen molar-refractivity contribution in [3.05, 3.63) is 30.3 Å². The maximum absolute atomic E-state index is 9.62. The SMILES string of the molecule is COc1ccc(O)c2cccc(O)c12. The number of benzene rings is 2. The Morgan fingerprint density at radius 2 is 1.79 bits per heavy atom. The van der Waals surface area contributed by atoms with Gasteiger partial charge in [0.25, 0.3) is 0 Å². The maximum atomic E-state index is 9.62. The van der Waals surface area contributed by atoms with Gasteiger partial charge in [-0.1, -0.05) is 12.1 Å². The molecule has 2 N–H and O–H groups in total. The number of hydrogen-bond donors (Lipinski definition) is 2. The molecule has 0 aromatic heterocycles. The Morgan fingerprint density at radius 3 is 2.50 bits per heavy atom. The van der Waals surface area contributed by atoms with E-state index in [2.05, 4.69) is 0 Å². The van der Waals surface area contributed by atoms with Crippen molar-refractivity contribution in [3.8, 4) is 17.2 Å². The van der Waals surface area contributed by atoms with Gasteiger partial charge in [0.05, 0.1) is 12.5 Å². The highest BCUT2D eigenvalue weighted by Gasteiger charge is 2.08. The molecule has 2 aromatic rings. The van der Waals surface area contributed by atoms with Crippen LogP contribution in [-0.2, 0) is 0 Å². The summed E-state index contributed by atoms with van der Waals surface area (Å²) >= 11 is 0. The highest BCUT2D eigenvalue weighted by Crippen LogP contribution is 2.37. The quantitative estimate of drug-likeness (QED) is 0.725. The number of aromatic hydroxyl groups is 2. The fourth-order valence-electron chi connectivity index (χ4n) is 1.51. The molecule has 0 amide bonds. The largest absolute Gasteiger partial charge is 0.507 e. The van der Waals surface area contributed by atoms with Gasteiger partial charge < -0.3 is 14.9 Å². The van der Waals surface area contributed by atoms with Gasteiger partial charge in [-0.15, -0.1) is 0 Å². The highest BCUT2D eigenvalue weighted by molar-refractivity contribution is 5.97. The van der Waals surface area contributed by atoms with Crippen LogP contribution in [0, 0.1) is 0 Å². The smallest absolute Gasteiger partial charge is 0.130 e. The number of ether oxygens (including phenoxy) is 1. The summed E-state index contributed by atoms with van der Waals surface area (Å²) in [6, 6.07) is 8.13. The predicted octanol–water partition coefficient (Wildman–Crippen LogP) is 2.26. The third-order valence-corrected chi connectivity index (χ3v) is 2.18. The van der Waals surface area contributed by atoms with Gasteiger partial charge in [-0.3, -0.25) is 0 Å². The van der Waals surface area contributed by atoms with E-state index in [-0.39, 0.29) is 11.5 Å². The summed E-state index contributed by atoms with van der Waals surface area (Å²) in [5.41, 5.74) is 0. The van der Waals surface area contributed by atoms with Crippen LogP contribution < -0.4 is 4.74 Å². The Kier molecular flexibility index (Phi) is 1.93. The molecule has 72 valence electrons. The minimum absolute atomic E-state index is 0.107. The number of hydrogen-bond acceptors (Lipinski definition) is 3. The lowest BCUT2D eigenvalue weighted by atomic mass is 10.1. The highest BCUT2D eigenvalue weighted by atomic mass is 16.5. The van der Waals surface area contributed by atoms with E-state index in [4.69, 9.17) is 4.74 Å². The average molecular weight is 190 g/mol. The minimum Gasteiger partial charge on any atom is -0.507 e. The van der Waals surface area contributed by atoms with Crippen LogP contribution in [0.3, 0.4) is 0 Å². The zero-order valence-electron chi connectivity index (χ0n) is 7.69. The second-order valence-electron chi connectivity index (χ2n) is 2.99. The number of rotatable bonds is 1. The maximum Gasteiger partial charge on any atom is 0.130 e. The molecule has 3 heteroatoms. The lowest BCUT2D eigenvalue weighted by molar-refractivity contribution is 0.414. The molecule has 2 aromatic carbocycles. The van der Waals surface area contributed by atoms with Gasteiger partial charge in [-0.2, -0.15) is 0 Å². The monoisotopic (exact) mass is 190 g/mol. The lowest BCUT2D eigenvalue weighted by Crippen LogP contribution is -1.85. The standard InChI is InChI=1S/C11H10O3/c1-14-10-6-5-8(12)7-3-2-4-9(13)11(7)10/h2-6,12-13H,1H3. The first kappa shape index (κ1) is 8.69. The molecule has 0 aliphatic rings. The van der Waals surface area contributed by atoms with E-state index in [0.29, 0.717) is 16.5 Å². The van der Waals surface area contributed by atoms with Crippen LogP contribution in [0.1, 0.15) is 0 Å². The van der Waals surface area contributed by atoms with Crippen LogP contribution in [0.5, 0.6) is 17.2 Å². The van der Waals surface area contributed by atoms with Crippen LogP contribution >= 0.6 is 0 Å². The molecule has 0 aliphatic carbocycles. The summed E-state index contributed by atoms with van der Waals surface area (Å²) < 4.78 is 5.09. The van der Waals surface area contributed by atoms with E-state index in [1.807, 2.05) is 0 Å². The Balaban J connectivity index is 2.92. The van der Waals surface area contributed by atoms with Crippen LogP contribution in [0.2, 0.25) is 0 Å². The van der Waals surface area contributed by atoms with Crippen LogP contribution in [-0.4, -0.2) is 17.3 Å². The third kappa shape index (κ3) is 1.14. The van der Waals surface area contributed by atoms with E-state index in [1.165, 1.54) is 7.11 Å². The fraction of sp³-hybridized carbons (Fsp3) is 0.0909. The van der Waals surface area contributed by atoms with Gasteiger partial charge in [0.15, 0.2) is 0 Å². The molecule has 0 saturated carbocycles. The van der Waals surface area contributed by atoms with E-state index in [0.717, 1.165) is 0 Å². The second-order valence-corrected chi connectivity index (χ2v) is 2.99. The van der Waals surface area contributed by atoms with Gasteiger partial charge in [-0.05, 0) is 18.2 Å². The number of methoxy groups -OCH3 is 1. The zero-order chi connectivity index (χ0) is 10.1. The molecule has 0 radical (unpaired) electrons. The summed E-state index contributed by atoms with van der Waals surface area (Å²) in [7, 11) is 1.53. The van der Waals surface area contributed by atoms with Crippen LogP contribution in [0.4, 0.5) is 0 Å². The van der Waals surface area contributed by atoms with Crippen molar-refractivity contribution >= 4 is 10.8 Å². The third-order valence-electron chi connectivity index (χ3n) is 2.18. The van der Waals surface area contributed by atoms with Gasteiger partial charge in [0, 0.05) is 5.39 Å². The van der Waals surface area contributed by atoms with E-state index in [9.17, 15) is 10.2 Å². The van der Waals surface area contributed by atoms with Crippen molar-refractivity contribution in [2.45, 2.75) is 0 Å². The Morgan fingerprint density at radius 1 is 1.00 bits per heavy atom. The minimum atomic E-state index is 0.107. The molecule has 0 unspecified atom stereocenters. The van der Waals surface area contributed by atoms with Crippen LogP contribution in [0.15, 0.2) is 30.3 Å². The number of phenols is 2. The van der Waals surface area contributed by atoms with E-state index in [1.54, 1.807) is 30.3 Å². The number of phenolic OH excluding ortho intramolecular Hbond substituents is 2. The molecule has 0 spiro atoms. The summed E-state index contributed by atoms with van der Waals surface area (Å²) in [4.78, 5) is 0. The summed E-state index contributed by atoms with van der Waals surface area (Å²) in [6.45, 7) is 0. The summed E-state index contributed by atoms with van der Waals surface area (Å²) in [5.74, 6) is 0.794. The summed E-state index contributed by atoms with van der Waals surface area (Å²) in [6.07, 6.45) is 0. The van der Waals surface area contributed by atoms with E-state index < -0.39 is 0 Å². The van der Waals surface area contributed by atoms with Gasteiger partial charge >= 0.3 is 0 Å².